The van der Waals surface area contributed by atoms with E-state index in [-0.39, 0.29) is 5.78 Å². The zero-order valence-corrected chi connectivity index (χ0v) is 8.18. The lowest BCUT2D eigenvalue weighted by atomic mass is 10.0. The van der Waals surface area contributed by atoms with Crippen molar-refractivity contribution in [2.75, 3.05) is 13.1 Å². The molecule has 1 amide bonds. The molecule has 1 fully saturated rings. The summed E-state index contributed by atoms with van der Waals surface area (Å²) in [6, 6.07) is 0.703. The number of primary amides is 1. The predicted molar refractivity (Wildman–Crippen MR) is 52.2 cm³/mol. The Hall–Kier alpha value is -1.62. The van der Waals surface area contributed by atoms with E-state index in [4.69, 9.17) is 10.2 Å². The lowest BCUT2D eigenvalue weighted by Crippen LogP contribution is -2.55. The third kappa shape index (κ3) is 1.78. The molecular weight excluding hydrogens is 196 g/mol. The second kappa shape index (κ2) is 3.86. The Kier molecular flexibility index (Phi) is 2.55. The highest BCUT2D eigenvalue weighted by molar-refractivity contribution is 6.13. The third-order valence-corrected chi connectivity index (χ3v) is 2.58. The zero-order valence-electron chi connectivity index (χ0n) is 8.18. The van der Waals surface area contributed by atoms with Crippen molar-refractivity contribution in [3.05, 3.63) is 24.2 Å². The molecule has 2 rings (SSSR count). The van der Waals surface area contributed by atoms with Crippen LogP contribution in [0.25, 0.3) is 0 Å². The first-order chi connectivity index (χ1) is 7.20. The lowest BCUT2D eigenvalue weighted by Gasteiger charge is -2.35. The molecule has 80 valence electrons. The Morgan fingerprint density at radius 3 is 2.60 bits per heavy atom. The van der Waals surface area contributed by atoms with E-state index in [1.165, 1.54) is 18.6 Å². The van der Waals surface area contributed by atoms with E-state index >= 15 is 0 Å². The van der Waals surface area contributed by atoms with Crippen LogP contribution in [-0.4, -0.2) is 35.7 Å². The molecule has 1 unspecified atom stereocenters. The molecule has 1 aromatic heterocycles. The fourth-order valence-electron chi connectivity index (χ4n) is 1.64. The molecule has 5 nitrogen and oxygen atoms in total. The van der Waals surface area contributed by atoms with Gasteiger partial charge < -0.3 is 10.2 Å². The number of hydrogen-bond acceptors (Lipinski definition) is 4. The van der Waals surface area contributed by atoms with Crippen LogP contribution in [0.3, 0.4) is 0 Å². The molecule has 15 heavy (non-hydrogen) atoms. The monoisotopic (exact) mass is 208 g/mol. The van der Waals surface area contributed by atoms with Crippen LogP contribution in [0.4, 0.5) is 0 Å². The van der Waals surface area contributed by atoms with E-state index < -0.39 is 11.9 Å². The summed E-state index contributed by atoms with van der Waals surface area (Å²) >= 11 is 0. The fourth-order valence-corrected chi connectivity index (χ4v) is 1.64. The van der Waals surface area contributed by atoms with Gasteiger partial charge in [0.15, 0.2) is 11.8 Å². The highest BCUT2D eigenvalue weighted by atomic mass is 16.3. The first kappa shape index (κ1) is 9.92. The molecule has 0 saturated carbocycles. The topological polar surface area (TPSA) is 76.5 Å². The number of hydrogen-bond donors (Lipinski definition) is 1. The molecule has 1 aliphatic rings. The van der Waals surface area contributed by atoms with Crippen LogP contribution < -0.4 is 5.73 Å². The largest absolute Gasteiger partial charge is 0.472 e. The summed E-state index contributed by atoms with van der Waals surface area (Å²) in [6.07, 6.45) is 3.74. The quantitative estimate of drug-likeness (QED) is 0.559. The molecule has 2 heterocycles. The van der Waals surface area contributed by atoms with Gasteiger partial charge in [0.1, 0.15) is 6.26 Å². The van der Waals surface area contributed by atoms with Crippen LogP contribution in [-0.2, 0) is 4.79 Å². The van der Waals surface area contributed by atoms with Gasteiger partial charge in [-0.05, 0) is 12.5 Å². The van der Waals surface area contributed by atoms with Crippen molar-refractivity contribution < 1.29 is 14.0 Å². The Bertz CT molecular complexity index is 368. The minimum Gasteiger partial charge on any atom is -0.472 e. The summed E-state index contributed by atoms with van der Waals surface area (Å²) in [4.78, 5) is 24.9. The van der Waals surface area contributed by atoms with Crippen LogP contribution in [0.1, 0.15) is 16.8 Å². The van der Waals surface area contributed by atoms with Gasteiger partial charge in [0, 0.05) is 13.1 Å². The number of ketones is 1. The molecule has 1 aromatic rings. The summed E-state index contributed by atoms with van der Waals surface area (Å²) < 4.78 is 4.81. The molecular formula is C10H12N2O3. The van der Waals surface area contributed by atoms with Crippen molar-refractivity contribution in [3.8, 4) is 0 Å². The SMILES string of the molecule is NC(=O)C(C(=O)c1ccoc1)N1CCC1. The molecule has 1 aliphatic heterocycles. The highest BCUT2D eigenvalue weighted by Gasteiger charge is 2.35. The average molecular weight is 208 g/mol. The second-order valence-corrected chi connectivity index (χ2v) is 3.57. The van der Waals surface area contributed by atoms with Crippen molar-refractivity contribution in [1.29, 1.82) is 0 Å². The van der Waals surface area contributed by atoms with Crippen LogP contribution >= 0.6 is 0 Å². The minimum absolute atomic E-state index is 0.282. The third-order valence-electron chi connectivity index (χ3n) is 2.58. The van der Waals surface area contributed by atoms with Gasteiger partial charge in [-0.2, -0.15) is 0 Å². The maximum Gasteiger partial charge on any atom is 0.242 e. The number of furan rings is 1. The van der Waals surface area contributed by atoms with Gasteiger partial charge in [-0.25, -0.2) is 0 Å². The number of rotatable bonds is 4. The summed E-state index contributed by atoms with van der Waals surface area (Å²) in [5, 5.41) is 0. The summed E-state index contributed by atoms with van der Waals surface area (Å²) in [5.41, 5.74) is 5.62. The summed E-state index contributed by atoms with van der Waals surface area (Å²) in [5.74, 6) is -0.878. The standard InChI is InChI=1S/C10H12N2O3/c11-10(14)8(12-3-1-4-12)9(13)7-2-5-15-6-7/h2,5-6,8H,1,3-4H2,(H2,11,14). The van der Waals surface area contributed by atoms with Crippen molar-refractivity contribution in [2.24, 2.45) is 5.73 Å². The van der Waals surface area contributed by atoms with Gasteiger partial charge in [0.05, 0.1) is 11.8 Å². The van der Waals surface area contributed by atoms with Gasteiger partial charge in [-0.1, -0.05) is 0 Å². The predicted octanol–water partition coefficient (Wildman–Crippen LogP) is 0.0219. The molecule has 5 heteroatoms. The Labute approximate surface area is 86.8 Å². The number of carbonyl (C=O) groups excluding carboxylic acids is 2. The number of carbonyl (C=O) groups is 2. The molecule has 0 aliphatic carbocycles. The molecule has 0 spiro atoms. The van der Waals surface area contributed by atoms with Crippen molar-refractivity contribution in [2.45, 2.75) is 12.5 Å². The fraction of sp³-hybridized carbons (Fsp3) is 0.400. The maximum absolute atomic E-state index is 11.9. The van der Waals surface area contributed by atoms with Crippen molar-refractivity contribution >= 4 is 11.7 Å². The number of nitrogens with two attached hydrogens (primary N) is 1. The second-order valence-electron chi connectivity index (χ2n) is 3.57. The minimum atomic E-state index is -0.837. The van der Waals surface area contributed by atoms with E-state index in [2.05, 4.69) is 0 Å². The smallest absolute Gasteiger partial charge is 0.242 e. The average Bonchev–Trinajstić information content (AvgIpc) is 2.61. The highest BCUT2D eigenvalue weighted by Crippen LogP contribution is 2.15. The van der Waals surface area contributed by atoms with Crippen LogP contribution in [0.5, 0.6) is 0 Å². The van der Waals surface area contributed by atoms with Gasteiger partial charge in [0.25, 0.3) is 0 Å². The lowest BCUT2D eigenvalue weighted by molar-refractivity contribution is -0.122. The van der Waals surface area contributed by atoms with Crippen LogP contribution in [0.15, 0.2) is 23.0 Å². The summed E-state index contributed by atoms with van der Waals surface area (Å²) in [6.45, 7) is 1.49. The molecule has 0 bridgehead atoms. The number of Topliss-reactive ketones (excluding diaryl/α,β-unsaturated/α-hetero) is 1. The van der Waals surface area contributed by atoms with E-state index in [9.17, 15) is 9.59 Å². The Morgan fingerprint density at radius 1 is 1.47 bits per heavy atom. The van der Waals surface area contributed by atoms with E-state index in [0.29, 0.717) is 5.56 Å². The number of amides is 1. The molecule has 1 saturated heterocycles. The van der Waals surface area contributed by atoms with Gasteiger partial charge in [-0.15, -0.1) is 0 Å². The molecule has 1 atom stereocenters. The van der Waals surface area contributed by atoms with Gasteiger partial charge >= 0.3 is 0 Å². The normalized spacial score (nSPS) is 18.1. The van der Waals surface area contributed by atoms with Crippen LogP contribution in [0, 0.1) is 0 Å². The van der Waals surface area contributed by atoms with Crippen molar-refractivity contribution in [3.63, 3.8) is 0 Å². The van der Waals surface area contributed by atoms with E-state index in [1.54, 1.807) is 4.90 Å². The maximum atomic E-state index is 11.9. The van der Waals surface area contributed by atoms with Gasteiger partial charge in [-0.3, -0.25) is 14.5 Å². The first-order valence-electron chi connectivity index (χ1n) is 4.80. The van der Waals surface area contributed by atoms with Crippen molar-refractivity contribution in [1.82, 2.24) is 4.90 Å². The first-order valence-corrected chi connectivity index (χ1v) is 4.80. The molecule has 2 N–H and O–H groups in total. The number of nitrogens with zero attached hydrogens (tertiary/aromatic N) is 1. The number of likely N-dealkylation sites (tertiary alicyclic amines) is 1. The Balaban J connectivity index is 2.17. The molecule has 0 aromatic carbocycles. The zero-order chi connectivity index (χ0) is 10.8. The Morgan fingerprint density at radius 2 is 2.20 bits per heavy atom. The van der Waals surface area contributed by atoms with Crippen LogP contribution in [0.2, 0.25) is 0 Å². The van der Waals surface area contributed by atoms with E-state index in [0.717, 1.165) is 19.5 Å². The van der Waals surface area contributed by atoms with Gasteiger partial charge in [0.2, 0.25) is 5.91 Å². The van der Waals surface area contributed by atoms with E-state index in [1.807, 2.05) is 0 Å². The summed E-state index contributed by atoms with van der Waals surface area (Å²) in [7, 11) is 0. The molecule has 0 radical (unpaired) electrons.